The van der Waals surface area contributed by atoms with E-state index < -0.39 is 4.92 Å². The summed E-state index contributed by atoms with van der Waals surface area (Å²) in [6.07, 6.45) is 5.73. The van der Waals surface area contributed by atoms with Crippen LogP contribution in [0.3, 0.4) is 0 Å². The lowest BCUT2D eigenvalue weighted by Crippen LogP contribution is -2.02. The zero-order chi connectivity index (χ0) is 15.9. The van der Waals surface area contributed by atoms with Crippen LogP contribution in [-0.2, 0) is 0 Å². The van der Waals surface area contributed by atoms with Crippen molar-refractivity contribution in [2.75, 3.05) is 13.7 Å². The van der Waals surface area contributed by atoms with Gasteiger partial charge in [-0.3, -0.25) is 10.1 Å². The van der Waals surface area contributed by atoms with Crippen LogP contribution in [-0.4, -0.2) is 39.7 Å². The van der Waals surface area contributed by atoms with Crippen molar-refractivity contribution in [3.63, 3.8) is 0 Å². The number of benzene rings is 1. The van der Waals surface area contributed by atoms with Crippen LogP contribution in [0.1, 0.15) is 5.56 Å². The molecule has 114 valence electrons. The van der Waals surface area contributed by atoms with Gasteiger partial charge >= 0.3 is 0 Å². The highest BCUT2D eigenvalue weighted by Gasteiger charge is 2.17. The first kappa shape index (κ1) is 15.2. The molecule has 0 aliphatic rings. The van der Waals surface area contributed by atoms with Gasteiger partial charge in [0.1, 0.15) is 19.3 Å². The van der Waals surface area contributed by atoms with Crippen LogP contribution >= 0.6 is 0 Å². The zero-order valence-electron chi connectivity index (χ0n) is 11.7. The Kier molecular flexibility index (Phi) is 4.81. The third-order valence-electron chi connectivity index (χ3n) is 2.58. The van der Waals surface area contributed by atoms with Gasteiger partial charge in [0, 0.05) is 11.6 Å². The molecule has 0 unspecified atom stereocenters. The van der Waals surface area contributed by atoms with Crippen LogP contribution in [0.4, 0.5) is 5.69 Å². The highest BCUT2D eigenvalue weighted by molar-refractivity contribution is 5.86. The monoisotopic (exact) mass is 303 g/mol. The summed E-state index contributed by atoms with van der Waals surface area (Å²) in [6.45, 7) is 3.79. The molecule has 9 heteroatoms. The van der Waals surface area contributed by atoms with E-state index in [1.165, 1.54) is 42.8 Å². The topological polar surface area (TPSA) is 105 Å². The number of hydrogen-bond donors (Lipinski definition) is 0. The van der Waals surface area contributed by atoms with E-state index in [1.54, 1.807) is 6.08 Å². The van der Waals surface area contributed by atoms with E-state index in [0.717, 1.165) is 0 Å². The second kappa shape index (κ2) is 6.97. The third kappa shape index (κ3) is 3.45. The predicted molar refractivity (Wildman–Crippen MR) is 78.4 cm³/mol. The fraction of sp³-hybridized carbons (Fsp3) is 0.154. The normalized spacial score (nSPS) is 10.6. The molecule has 0 amide bonds. The highest BCUT2D eigenvalue weighted by atomic mass is 16.6. The minimum absolute atomic E-state index is 0.131. The molecule has 2 rings (SSSR count). The Hall–Kier alpha value is -3.23. The lowest BCUT2D eigenvalue weighted by atomic mass is 10.1. The van der Waals surface area contributed by atoms with Crippen LogP contribution in [0.15, 0.2) is 42.5 Å². The first-order valence-corrected chi connectivity index (χ1v) is 6.14. The number of ether oxygens (including phenoxy) is 2. The molecule has 0 N–H and O–H groups in total. The molecule has 1 aromatic carbocycles. The Labute approximate surface area is 125 Å². The second-order valence-electron chi connectivity index (χ2n) is 4.01. The van der Waals surface area contributed by atoms with E-state index in [-0.39, 0.29) is 18.0 Å². The molecule has 2 aromatic rings. The van der Waals surface area contributed by atoms with E-state index in [0.29, 0.717) is 11.3 Å². The lowest BCUT2D eigenvalue weighted by molar-refractivity contribution is -0.385. The summed E-state index contributed by atoms with van der Waals surface area (Å²) in [5.41, 5.74) is 0.259. The number of rotatable bonds is 7. The van der Waals surface area contributed by atoms with E-state index in [1.807, 2.05) is 0 Å². The number of non-ortho nitro benzene ring substituents is 1. The van der Waals surface area contributed by atoms with Gasteiger partial charge in [-0.15, -0.1) is 10.2 Å². The van der Waals surface area contributed by atoms with Crippen molar-refractivity contribution in [3.05, 3.63) is 53.1 Å². The fourth-order valence-electron chi connectivity index (χ4n) is 1.64. The maximum atomic E-state index is 11.0. The number of nitro benzene ring substituents is 1. The molecule has 0 spiro atoms. The molecule has 0 fully saturated rings. The van der Waals surface area contributed by atoms with Gasteiger partial charge in [-0.2, -0.15) is 5.10 Å². The molecular weight excluding hydrogens is 290 g/mol. The van der Waals surface area contributed by atoms with Crippen LogP contribution in [0, 0.1) is 10.1 Å². The van der Waals surface area contributed by atoms with Crippen LogP contribution in [0.2, 0.25) is 0 Å². The van der Waals surface area contributed by atoms with Crippen molar-refractivity contribution in [1.82, 2.24) is 14.9 Å². The van der Waals surface area contributed by atoms with E-state index in [4.69, 9.17) is 9.47 Å². The summed E-state index contributed by atoms with van der Waals surface area (Å²) in [5.74, 6) is 0.575. The molecule has 0 saturated heterocycles. The van der Waals surface area contributed by atoms with Crippen molar-refractivity contribution in [1.29, 1.82) is 0 Å². The average molecular weight is 303 g/mol. The number of nitro groups is 1. The number of methoxy groups -OCH3 is 1. The first-order valence-electron chi connectivity index (χ1n) is 6.14. The molecule has 0 aliphatic heterocycles. The molecule has 0 bridgehead atoms. The number of nitrogens with zero attached hydrogens (tertiary/aromatic N) is 5. The average Bonchev–Trinajstić information content (AvgIpc) is 3.03. The minimum Gasteiger partial charge on any atom is -0.493 e. The third-order valence-corrected chi connectivity index (χ3v) is 2.58. The van der Waals surface area contributed by atoms with Gasteiger partial charge in [-0.25, -0.2) is 4.68 Å². The Morgan fingerprint density at radius 2 is 2.18 bits per heavy atom. The number of aromatic nitrogens is 3. The molecule has 0 radical (unpaired) electrons. The summed E-state index contributed by atoms with van der Waals surface area (Å²) in [7, 11) is 1.40. The quantitative estimate of drug-likeness (QED) is 0.333. The first-order chi connectivity index (χ1) is 10.7. The molecule has 22 heavy (non-hydrogen) atoms. The summed E-state index contributed by atoms with van der Waals surface area (Å²) < 4.78 is 12.0. The molecule has 1 aromatic heterocycles. The van der Waals surface area contributed by atoms with Crippen LogP contribution < -0.4 is 9.47 Å². The fourth-order valence-corrected chi connectivity index (χ4v) is 1.64. The van der Waals surface area contributed by atoms with Crippen molar-refractivity contribution in [3.8, 4) is 11.5 Å². The van der Waals surface area contributed by atoms with E-state index in [2.05, 4.69) is 21.9 Å². The molecule has 1 heterocycles. The minimum atomic E-state index is -0.518. The smallest absolute Gasteiger partial charge is 0.274 e. The van der Waals surface area contributed by atoms with Crippen molar-refractivity contribution >= 4 is 11.9 Å². The van der Waals surface area contributed by atoms with Gasteiger partial charge in [0.25, 0.3) is 5.69 Å². The van der Waals surface area contributed by atoms with Crippen LogP contribution in [0.5, 0.6) is 11.5 Å². The second-order valence-corrected chi connectivity index (χ2v) is 4.01. The highest BCUT2D eigenvalue weighted by Crippen LogP contribution is 2.34. The maximum Gasteiger partial charge on any atom is 0.274 e. The SMILES string of the molecule is C=CCOc1c(C=Nn2cnnc2)cc([N+](=O)[O-])cc1OC. The van der Waals surface area contributed by atoms with Gasteiger partial charge in [0.2, 0.25) is 0 Å². The maximum absolute atomic E-state index is 11.0. The lowest BCUT2D eigenvalue weighted by Gasteiger charge is -2.11. The van der Waals surface area contributed by atoms with Gasteiger partial charge in [0.15, 0.2) is 11.5 Å². The summed E-state index contributed by atoms with van der Waals surface area (Å²) in [5, 5.41) is 22.3. The molecular formula is C13H13N5O4. The Morgan fingerprint density at radius 1 is 1.45 bits per heavy atom. The van der Waals surface area contributed by atoms with Gasteiger partial charge < -0.3 is 9.47 Å². The van der Waals surface area contributed by atoms with Crippen LogP contribution in [0.25, 0.3) is 0 Å². The summed E-state index contributed by atoms with van der Waals surface area (Å²) in [4.78, 5) is 10.5. The molecule has 0 saturated carbocycles. The summed E-state index contributed by atoms with van der Waals surface area (Å²) in [6, 6.07) is 2.63. The zero-order valence-corrected chi connectivity index (χ0v) is 11.7. The van der Waals surface area contributed by atoms with Crippen molar-refractivity contribution < 1.29 is 14.4 Å². The van der Waals surface area contributed by atoms with Crippen molar-refractivity contribution in [2.45, 2.75) is 0 Å². The van der Waals surface area contributed by atoms with Gasteiger partial charge in [0.05, 0.1) is 24.3 Å². The molecule has 9 nitrogen and oxygen atoms in total. The molecule has 0 aliphatic carbocycles. The predicted octanol–water partition coefficient (Wildman–Crippen LogP) is 1.64. The molecule has 0 atom stereocenters. The van der Waals surface area contributed by atoms with E-state index in [9.17, 15) is 10.1 Å². The summed E-state index contributed by atoms with van der Waals surface area (Å²) >= 11 is 0. The van der Waals surface area contributed by atoms with Gasteiger partial charge in [-0.05, 0) is 0 Å². The Morgan fingerprint density at radius 3 is 2.77 bits per heavy atom. The standard InChI is InChI=1S/C13H13N5O4/c1-3-4-22-13-10(7-16-17-8-14-15-9-17)5-11(18(19)20)6-12(13)21-2/h3,5-9H,1,4H2,2H3. The van der Waals surface area contributed by atoms with Crippen molar-refractivity contribution in [2.24, 2.45) is 5.10 Å². The Bertz CT molecular complexity index is 697. The van der Waals surface area contributed by atoms with E-state index >= 15 is 0 Å². The van der Waals surface area contributed by atoms with Gasteiger partial charge in [-0.1, -0.05) is 12.7 Å². The largest absolute Gasteiger partial charge is 0.493 e. The number of hydrogen-bond acceptors (Lipinski definition) is 7. The Balaban J connectivity index is 2.48.